The number of rotatable bonds is 2. The Bertz CT molecular complexity index is 492. The van der Waals surface area contributed by atoms with Gasteiger partial charge in [-0.3, -0.25) is 9.59 Å². The third kappa shape index (κ3) is 2.11. The van der Waals surface area contributed by atoms with Crippen LogP contribution in [0.5, 0.6) is 0 Å². The minimum Gasteiger partial charge on any atom is -0.469 e. The fourth-order valence-electron chi connectivity index (χ4n) is 4.12. The van der Waals surface area contributed by atoms with Crippen LogP contribution in [-0.4, -0.2) is 41.6 Å². The molecule has 2 bridgehead atoms. The summed E-state index contributed by atoms with van der Waals surface area (Å²) in [7, 11) is 1.32. The number of hydrogen-bond donors (Lipinski definition) is 1. The monoisotopic (exact) mass is 314 g/mol. The van der Waals surface area contributed by atoms with Gasteiger partial charge in [0.25, 0.3) is 0 Å². The molecule has 7 nitrogen and oxygen atoms in total. The van der Waals surface area contributed by atoms with Crippen LogP contribution in [0.25, 0.3) is 0 Å². The van der Waals surface area contributed by atoms with Crippen molar-refractivity contribution in [3.8, 4) is 0 Å². The number of aliphatic hydroxyl groups excluding tert-OH is 1. The van der Waals surface area contributed by atoms with Crippen molar-refractivity contribution < 1.29 is 33.9 Å². The van der Waals surface area contributed by atoms with Gasteiger partial charge in [-0.1, -0.05) is 6.92 Å². The maximum atomic E-state index is 12.4. The van der Waals surface area contributed by atoms with Gasteiger partial charge in [-0.2, -0.15) is 0 Å². The van der Waals surface area contributed by atoms with Crippen LogP contribution in [0.2, 0.25) is 0 Å². The summed E-state index contributed by atoms with van der Waals surface area (Å²) in [5.74, 6) is -2.95. The van der Waals surface area contributed by atoms with Crippen LogP contribution in [0, 0.1) is 17.8 Å². The van der Waals surface area contributed by atoms with E-state index in [0.29, 0.717) is 25.7 Å². The number of fused-ring (bicyclic) bond motifs is 3. The summed E-state index contributed by atoms with van der Waals surface area (Å²) in [6.45, 7) is 3.39. The SMILES string of the molecule is COC(=O)C(C)C1CCC(=O)C2CC[C@]3(C)OOC21C(O)O3. The predicted molar refractivity (Wildman–Crippen MR) is 72.0 cm³/mol. The van der Waals surface area contributed by atoms with E-state index < -0.39 is 41.4 Å². The van der Waals surface area contributed by atoms with Crippen molar-refractivity contribution in [1.29, 1.82) is 0 Å². The molecular weight excluding hydrogens is 292 g/mol. The maximum Gasteiger partial charge on any atom is 0.308 e. The van der Waals surface area contributed by atoms with Gasteiger partial charge in [0.05, 0.1) is 18.9 Å². The van der Waals surface area contributed by atoms with Crippen LogP contribution in [0.15, 0.2) is 0 Å². The van der Waals surface area contributed by atoms with E-state index in [1.54, 1.807) is 13.8 Å². The highest BCUT2D eigenvalue weighted by Crippen LogP contribution is 2.54. The van der Waals surface area contributed by atoms with Gasteiger partial charge in [-0.15, -0.1) is 0 Å². The largest absolute Gasteiger partial charge is 0.469 e. The van der Waals surface area contributed by atoms with Gasteiger partial charge in [0.15, 0.2) is 11.9 Å². The molecule has 6 atom stereocenters. The van der Waals surface area contributed by atoms with E-state index in [9.17, 15) is 14.7 Å². The van der Waals surface area contributed by atoms with Crippen LogP contribution in [-0.2, 0) is 28.8 Å². The van der Waals surface area contributed by atoms with Crippen LogP contribution < -0.4 is 0 Å². The first-order valence-corrected chi connectivity index (χ1v) is 7.67. The van der Waals surface area contributed by atoms with Gasteiger partial charge in [0, 0.05) is 18.8 Å². The van der Waals surface area contributed by atoms with Gasteiger partial charge in [0.2, 0.25) is 5.79 Å². The summed E-state index contributed by atoms with van der Waals surface area (Å²) >= 11 is 0. The van der Waals surface area contributed by atoms with Crippen molar-refractivity contribution in [2.75, 3.05) is 7.11 Å². The highest BCUT2D eigenvalue weighted by Gasteiger charge is 2.67. The van der Waals surface area contributed by atoms with Crippen molar-refractivity contribution in [3.63, 3.8) is 0 Å². The van der Waals surface area contributed by atoms with Crippen LogP contribution >= 0.6 is 0 Å². The lowest BCUT2D eigenvalue weighted by Gasteiger charge is -2.52. The lowest BCUT2D eigenvalue weighted by molar-refractivity contribution is -0.551. The number of ketones is 1. The minimum absolute atomic E-state index is 0.0192. The maximum absolute atomic E-state index is 12.4. The van der Waals surface area contributed by atoms with Gasteiger partial charge < -0.3 is 14.6 Å². The number of hydrogen-bond acceptors (Lipinski definition) is 7. The highest BCUT2D eigenvalue weighted by molar-refractivity contribution is 5.84. The van der Waals surface area contributed by atoms with E-state index in [0.717, 1.165) is 0 Å². The fraction of sp³-hybridized carbons (Fsp3) is 0.867. The van der Waals surface area contributed by atoms with Crippen molar-refractivity contribution in [2.24, 2.45) is 17.8 Å². The summed E-state index contributed by atoms with van der Waals surface area (Å²) in [5, 5.41) is 10.6. The molecule has 3 aliphatic heterocycles. The second-order valence-corrected chi connectivity index (χ2v) is 6.64. The number of carbonyl (C=O) groups is 2. The molecule has 1 aliphatic carbocycles. The molecule has 0 aromatic carbocycles. The van der Waals surface area contributed by atoms with E-state index in [1.807, 2.05) is 0 Å². The average molecular weight is 314 g/mol. The first kappa shape index (κ1) is 15.9. The van der Waals surface area contributed by atoms with E-state index in [-0.39, 0.29) is 5.78 Å². The minimum atomic E-state index is -1.35. The molecule has 1 spiro atoms. The molecule has 0 aromatic rings. The van der Waals surface area contributed by atoms with Crippen molar-refractivity contribution in [2.45, 2.75) is 57.2 Å². The second-order valence-electron chi connectivity index (χ2n) is 6.64. The Morgan fingerprint density at radius 2 is 2.14 bits per heavy atom. The standard InChI is InChI=1S/C15H22O7/c1-8(12(17)19-3)9-4-5-11(16)10-6-7-14(2)20-13(18)15(9,10)22-21-14/h8-10,13,18H,4-7H2,1-3H3/t8?,9?,10?,13?,14-,15?/m0/s1. The van der Waals surface area contributed by atoms with Crippen LogP contribution in [0.4, 0.5) is 0 Å². The Balaban J connectivity index is 2.03. The van der Waals surface area contributed by atoms with Crippen molar-refractivity contribution >= 4 is 11.8 Å². The van der Waals surface area contributed by atoms with E-state index in [4.69, 9.17) is 19.2 Å². The zero-order valence-corrected chi connectivity index (χ0v) is 13.0. The molecule has 0 amide bonds. The molecule has 4 fully saturated rings. The average Bonchev–Trinajstić information content (AvgIpc) is 2.71. The Hall–Kier alpha value is -1.02. The molecule has 22 heavy (non-hydrogen) atoms. The summed E-state index contributed by atoms with van der Waals surface area (Å²) in [6, 6.07) is 0. The molecule has 5 unspecified atom stereocenters. The number of Topliss-reactive ketones (excluding diaryl/α,β-unsaturated/α-hetero) is 1. The molecule has 124 valence electrons. The second kappa shape index (κ2) is 5.26. The summed E-state index contributed by atoms with van der Waals surface area (Å²) in [6.07, 6.45) is 0.399. The molecule has 4 rings (SSSR count). The molecular formula is C15H22O7. The molecule has 3 heterocycles. The van der Waals surface area contributed by atoms with E-state index in [2.05, 4.69) is 0 Å². The molecule has 1 saturated carbocycles. The molecule has 7 heteroatoms. The van der Waals surface area contributed by atoms with Gasteiger partial charge >= 0.3 is 5.97 Å². The Morgan fingerprint density at radius 3 is 2.77 bits per heavy atom. The van der Waals surface area contributed by atoms with E-state index in [1.165, 1.54) is 7.11 Å². The van der Waals surface area contributed by atoms with Gasteiger partial charge in [0.1, 0.15) is 5.78 Å². The normalized spacial score (nSPS) is 45.8. The molecule has 0 aromatic heterocycles. The zero-order chi connectivity index (χ0) is 16.1. The predicted octanol–water partition coefficient (Wildman–Crippen LogP) is 0.936. The van der Waals surface area contributed by atoms with Gasteiger partial charge in [-0.05, 0) is 19.8 Å². The summed E-state index contributed by atoms with van der Waals surface area (Å²) in [5.41, 5.74) is -1.35. The highest BCUT2D eigenvalue weighted by atomic mass is 17.3. The zero-order valence-electron chi connectivity index (χ0n) is 13.0. The smallest absolute Gasteiger partial charge is 0.308 e. The van der Waals surface area contributed by atoms with Crippen LogP contribution in [0.3, 0.4) is 0 Å². The van der Waals surface area contributed by atoms with Crippen molar-refractivity contribution in [1.82, 2.24) is 0 Å². The quantitative estimate of drug-likeness (QED) is 0.599. The summed E-state index contributed by atoms with van der Waals surface area (Å²) in [4.78, 5) is 35.4. The molecule has 1 N–H and O–H groups in total. The number of ether oxygens (including phenoxy) is 2. The Kier molecular flexibility index (Phi) is 3.79. The van der Waals surface area contributed by atoms with Crippen molar-refractivity contribution in [3.05, 3.63) is 0 Å². The lowest BCUT2D eigenvalue weighted by Crippen LogP contribution is -2.66. The topological polar surface area (TPSA) is 91.3 Å². The lowest BCUT2D eigenvalue weighted by atomic mass is 9.62. The third-order valence-corrected chi connectivity index (χ3v) is 5.39. The number of aliphatic hydroxyl groups is 1. The number of esters is 1. The Morgan fingerprint density at radius 1 is 1.41 bits per heavy atom. The van der Waals surface area contributed by atoms with Crippen LogP contribution in [0.1, 0.15) is 39.5 Å². The molecule has 4 aliphatic rings. The first-order chi connectivity index (χ1) is 10.3. The fourth-order valence-corrected chi connectivity index (χ4v) is 4.12. The molecule has 0 radical (unpaired) electrons. The van der Waals surface area contributed by atoms with E-state index >= 15 is 0 Å². The first-order valence-electron chi connectivity index (χ1n) is 7.67. The summed E-state index contributed by atoms with van der Waals surface area (Å²) < 4.78 is 10.4. The molecule has 3 saturated heterocycles. The number of carbonyl (C=O) groups excluding carboxylic acids is 2. The van der Waals surface area contributed by atoms with Gasteiger partial charge in [-0.25, -0.2) is 9.78 Å². The third-order valence-electron chi connectivity index (χ3n) is 5.39. The Labute approximate surface area is 128 Å². The number of methoxy groups -OCH3 is 1.